The number of H-pyrrole nitrogens is 1. The van der Waals surface area contributed by atoms with E-state index in [0.29, 0.717) is 0 Å². The van der Waals surface area contributed by atoms with E-state index in [0.717, 1.165) is 36.1 Å². The van der Waals surface area contributed by atoms with Gasteiger partial charge in [-0.2, -0.15) is 0 Å². The summed E-state index contributed by atoms with van der Waals surface area (Å²) in [5.74, 6) is 0.134. The predicted octanol–water partition coefficient (Wildman–Crippen LogP) is 1.60. The van der Waals surface area contributed by atoms with E-state index in [1.165, 1.54) is 0 Å². The summed E-state index contributed by atoms with van der Waals surface area (Å²) >= 11 is 0. The number of nitrogens with zero attached hydrogens (tertiary/aromatic N) is 1. The van der Waals surface area contributed by atoms with Gasteiger partial charge in [0.15, 0.2) is 0 Å². The quantitative estimate of drug-likeness (QED) is 0.799. The highest BCUT2D eigenvalue weighted by atomic mass is 16.2. The Bertz CT molecular complexity index is 575. The van der Waals surface area contributed by atoms with Gasteiger partial charge in [-0.05, 0) is 25.1 Å². The SMILES string of the molecule is C[C@@H]1CNCCN1C(=O)c1cccc2[nH]ccc12. The Morgan fingerprint density at radius 1 is 1.39 bits per heavy atom. The van der Waals surface area contributed by atoms with Crippen LogP contribution in [-0.4, -0.2) is 41.5 Å². The van der Waals surface area contributed by atoms with Crippen LogP contribution in [-0.2, 0) is 0 Å². The van der Waals surface area contributed by atoms with E-state index in [-0.39, 0.29) is 11.9 Å². The molecule has 0 spiro atoms. The molecule has 2 N–H and O–H groups in total. The molecule has 2 aromatic rings. The summed E-state index contributed by atoms with van der Waals surface area (Å²) in [6.07, 6.45) is 1.88. The Morgan fingerprint density at radius 3 is 3.11 bits per heavy atom. The average molecular weight is 243 g/mol. The number of piperazine rings is 1. The van der Waals surface area contributed by atoms with E-state index in [9.17, 15) is 4.79 Å². The standard InChI is InChI=1S/C14H17N3O/c1-10-9-15-7-8-17(10)14(18)12-3-2-4-13-11(12)5-6-16-13/h2-6,10,15-16H,7-9H2,1H3/t10-/m1/s1. The van der Waals surface area contributed by atoms with Gasteiger partial charge in [-0.1, -0.05) is 6.07 Å². The van der Waals surface area contributed by atoms with Gasteiger partial charge in [-0.15, -0.1) is 0 Å². The van der Waals surface area contributed by atoms with E-state index in [2.05, 4.69) is 17.2 Å². The zero-order chi connectivity index (χ0) is 12.5. The molecule has 0 radical (unpaired) electrons. The van der Waals surface area contributed by atoms with Gasteiger partial charge in [0.1, 0.15) is 0 Å². The third-order valence-electron chi connectivity index (χ3n) is 3.59. The van der Waals surface area contributed by atoms with E-state index < -0.39 is 0 Å². The maximum Gasteiger partial charge on any atom is 0.254 e. The third kappa shape index (κ3) is 1.78. The van der Waals surface area contributed by atoms with Gasteiger partial charge in [0.25, 0.3) is 5.91 Å². The molecule has 4 nitrogen and oxygen atoms in total. The molecule has 1 atom stereocenters. The van der Waals surface area contributed by atoms with Crippen molar-refractivity contribution in [1.29, 1.82) is 0 Å². The summed E-state index contributed by atoms with van der Waals surface area (Å²) in [5, 5.41) is 4.31. The molecule has 94 valence electrons. The van der Waals surface area contributed by atoms with Gasteiger partial charge in [0.05, 0.1) is 0 Å². The topological polar surface area (TPSA) is 48.1 Å². The normalized spacial score (nSPS) is 20.3. The van der Waals surface area contributed by atoms with Crippen LogP contribution in [0.4, 0.5) is 0 Å². The van der Waals surface area contributed by atoms with Gasteiger partial charge in [-0.3, -0.25) is 4.79 Å². The van der Waals surface area contributed by atoms with Crippen LogP contribution in [0.3, 0.4) is 0 Å². The van der Waals surface area contributed by atoms with Crippen LogP contribution in [0, 0.1) is 0 Å². The van der Waals surface area contributed by atoms with Gasteiger partial charge >= 0.3 is 0 Å². The molecule has 0 saturated carbocycles. The molecule has 1 saturated heterocycles. The molecule has 1 aliphatic heterocycles. The van der Waals surface area contributed by atoms with Gasteiger partial charge in [0, 0.05) is 48.3 Å². The van der Waals surface area contributed by atoms with Crippen LogP contribution < -0.4 is 5.32 Å². The lowest BCUT2D eigenvalue weighted by atomic mass is 10.1. The molecule has 3 rings (SSSR count). The van der Waals surface area contributed by atoms with Gasteiger partial charge < -0.3 is 15.2 Å². The third-order valence-corrected chi connectivity index (χ3v) is 3.59. The van der Waals surface area contributed by atoms with Gasteiger partial charge in [-0.25, -0.2) is 0 Å². The van der Waals surface area contributed by atoms with Crippen molar-refractivity contribution in [3.63, 3.8) is 0 Å². The fourth-order valence-corrected chi connectivity index (χ4v) is 2.57. The van der Waals surface area contributed by atoms with Gasteiger partial charge in [0.2, 0.25) is 0 Å². The number of carbonyl (C=O) groups excluding carboxylic acids is 1. The molecule has 4 heteroatoms. The number of aromatic nitrogens is 1. The van der Waals surface area contributed by atoms with Crippen LogP contribution in [0.25, 0.3) is 10.9 Å². The number of aromatic amines is 1. The highest BCUT2D eigenvalue weighted by Gasteiger charge is 2.25. The Kier molecular flexibility index (Phi) is 2.80. The first kappa shape index (κ1) is 11.3. The molecule has 2 heterocycles. The molecule has 1 aliphatic rings. The lowest BCUT2D eigenvalue weighted by molar-refractivity contribution is 0.0658. The molecular formula is C14H17N3O. The number of hydrogen-bond donors (Lipinski definition) is 2. The minimum atomic E-state index is 0.134. The first-order valence-corrected chi connectivity index (χ1v) is 6.35. The highest BCUT2D eigenvalue weighted by molar-refractivity contribution is 6.06. The van der Waals surface area contributed by atoms with Crippen LogP contribution in [0.1, 0.15) is 17.3 Å². The zero-order valence-corrected chi connectivity index (χ0v) is 10.4. The van der Waals surface area contributed by atoms with Crippen molar-refractivity contribution in [3.8, 4) is 0 Å². The summed E-state index contributed by atoms with van der Waals surface area (Å²) in [6, 6.07) is 8.05. The van der Waals surface area contributed by atoms with E-state index in [1.807, 2.05) is 35.4 Å². The lowest BCUT2D eigenvalue weighted by Crippen LogP contribution is -2.52. The van der Waals surface area contributed by atoms with E-state index >= 15 is 0 Å². The largest absolute Gasteiger partial charge is 0.361 e. The van der Waals surface area contributed by atoms with Crippen molar-refractivity contribution in [2.75, 3.05) is 19.6 Å². The Labute approximate surface area is 106 Å². The Hall–Kier alpha value is -1.81. The summed E-state index contributed by atoms with van der Waals surface area (Å²) in [6.45, 7) is 4.61. The second kappa shape index (κ2) is 4.46. The Morgan fingerprint density at radius 2 is 2.28 bits per heavy atom. The molecule has 1 aromatic heterocycles. The maximum absolute atomic E-state index is 12.6. The van der Waals surface area contributed by atoms with E-state index in [1.54, 1.807) is 0 Å². The summed E-state index contributed by atoms with van der Waals surface area (Å²) < 4.78 is 0. The first-order chi connectivity index (χ1) is 8.77. The van der Waals surface area contributed by atoms with Crippen LogP contribution in [0.15, 0.2) is 30.5 Å². The van der Waals surface area contributed by atoms with Crippen molar-refractivity contribution >= 4 is 16.8 Å². The van der Waals surface area contributed by atoms with Crippen LogP contribution in [0.5, 0.6) is 0 Å². The average Bonchev–Trinajstić information content (AvgIpc) is 2.86. The fourth-order valence-electron chi connectivity index (χ4n) is 2.57. The van der Waals surface area contributed by atoms with Crippen molar-refractivity contribution in [3.05, 3.63) is 36.0 Å². The van der Waals surface area contributed by atoms with Crippen LogP contribution >= 0.6 is 0 Å². The fraction of sp³-hybridized carbons (Fsp3) is 0.357. The van der Waals surface area contributed by atoms with Crippen molar-refractivity contribution in [2.45, 2.75) is 13.0 Å². The molecule has 1 amide bonds. The number of fused-ring (bicyclic) bond motifs is 1. The predicted molar refractivity (Wildman–Crippen MR) is 71.7 cm³/mol. The first-order valence-electron chi connectivity index (χ1n) is 6.35. The smallest absolute Gasteiger partial charge is 0.254 e. The minimum Gasteiger partial charge on any atom is -0.361 e. The molecule has 18 heavy (non-hydrogen) atoms. The van der Waals surface area contributed by atoms with Crippen molar-refractivity contribution < 1.29 is 4.79 Å². The van der Waals surface area contributed by atoms with Crippen molar-refractivity contribution in [1.82, 2.24) is 15.2 Å². The minimum absolute atomic E-state index is 0.134. The molecular weight excluding hydrogens is 226 g/mol. The second-order valence-electron chi connectivity index (χ2n) is 4.80. The molecule has 0 bridgehead atoms. The maximum atomic E-state index is 12.6. The Balaban J connectivity index is 1.98. The molecule has 0 unspecified atom stereocenters. The number of carbonyl (C=O) groups is 1. The zero-order valence-electron chi connectivity index (χ0n) is 10.4. The summed E-state index contributed by atoms with van der Waals surface area (Å²) in [5.41, 5.74) is 1.81. The molecule has 0 aliphatic carbocycles. The number of rotatable bonds is 1. The van der Waals surface area contributed by atoms with Crippen molar-refractivity contribution in [2.24, 2.45) is 0 Å². The lowest BCUT2D eigenvalue weighted by Gasteiger charge is -2.34. The summed E-state index contributed by atoms with van der Waals surface area (Å²) in [7, 11) is 0. The number of hydrogen-bond acceptors (Lipinski definition) is 2. The summed E-state index contributed by atoms with van der Waals surface area (Å²) in [4.78, 5) is 17.7. The second-order valence-corrected chi connectivity index (χ2v) is 4.80. The number of benzene rings is 1. The number of amides is 1. The van der Waals surface area contributed by atoms with E-state index in [4.69, 9.17) is 0 Å². The molecule has 1 aromatic carbocycles. The highest BCUT2D eigenvalue weighted by Crippen LogP contribution is 2.20. The monoisotopic (exact) mass is 243 g/mol. The number of nitrogens with one attached hydrogen (secondary N) is 2. The molecule has 1 fully saturated rings. The van der Waals surface area contributed by atoms with Crippen LogP contribution in [0.2, 0.25) is 0 Å².